The van der Waals surface area contributed by atoms with E-state index in [2.05, 4.69) is 4.98 Å². The van der Waals surface area contributed by atoms with Gasteiger partial charge in [-0.05, 0) is 42.6 Å². The van der Waals surface area contributed by atoms with Crippen molar-refractivity contribution in [3.05, 3.63) is 86.1 Å². The Labute approximate surface area is 174 Å². The van der Waals surface area contributed by atoms with E-state index in [4.69, 9.17) is 9.15 Å². The second-order valence-corrected chi connectivity index (χ2v) is 7.81. The molecule has 0 saturated heterocycles. The van der Waals surface area contributed by atoms with E-state index < -0.39 is 11.0 Å². The highest BCUT2D eigenvalue weighted by atomic mass is 32.1. The maximum Gasteiger partial charge on any atom is 0.273 e. The summed E-state index contributed by atoms with van der Waals surface area (Å²) in [4.78, 5) is 32.2. The van der Waals surface area contributed by atoms with Gasteiger partial charge in [0.2, 0.25) is 11.1 Å². The number of benzene rings is 2. The van der Waals surface area contributed by atoms with Crippen molar-refractivity contribution in [2.75, 3.05) is 7.11 Å². The van der Waals surface area contributed by atoms with Gasteiger partial charge in [-0.25, -0.2) is 0 Å². The summed E-state index contributed by atoms with van der Waals surface area (Å²) in [5.41, 5.74) is 1.17. The zero-order chi connectivity index (χ0) is 20.8. The number of nitrogens with zero attached hydrogens (tertiary/aromatic N) is 2. The molecular formula is C23H16N2O4S. The summed E-state index contributed by atoms with van der Waals surface area (Å²) in [5, 5.41) is 2.14. The Morgan fingerprint density at radius 2 is 1.87 bits per heavy atom. The van der Waals surface area contributed by atoms with Crippen molar-refractivity contribution < 1.29 is 9.15 Å². The Morgan fingerprint density at radius 3 is 2.57 bits per heavy atom. The van der Waals surface area contributed by atoms with Gasteiger partial charge in [0.25, 0.3) is 5.56 Å². The van der Waals surface area contributed by atoms with Crippen LogP contribution in [-0.2, 0) is 0 Å². The summed E-state index contributed by atoms with van der Waals surface area (Å²) in [6, 6.07) is 16.2. The molecule has 0 atom stereocenters. The van der Waals surface area contributed by atoms with E-state index in [0.717, 1.165) is 10.4 Å². The van der Waals surface area contributed by atoms with Crippen molar-refractivity contribution in [3.8, 4) is 22.1 Å². The Bertz CT molecular complexity index is 1510. The van der Waals surface area contributed by atoms with Crippen molar-refractivity contribution >= 4 is 33.4 Å². The standard InChI is InChI=1S/C23H16N2O4S/c1-13-5-7-14(8-6-13)25-21(18-4-3-11-30-18)24-22-19(23(25)27)20(26)16-10-9-15(28-2)12-17(16)29-22/h3-12H,1-2H3. The maximum atomic E-state index is 13.6. The van der Waals surface area contributed by atoms with Gasteiger partial charge >= 0.3 is 0 Å². The van der Waals surface area contributed by atoms with E-state index in [-0.39, 0.29) is 11.1 Å². The maximum absolute atomic E-state index is 13.6. The number of thiophene rings is 1. The lowest BCUT2D eigenvalue weighted by atomic mass is 10.1. The third-order valence-electron chi connectivity index (χ3n) is 4.95. The summed E-state index contributed by atoms with van der Waals surface area (Å²) < 4.78 is 12.6. The molecule has 0 amide bonds. The Kier molecular flexibility index (Phi) is 4.25. The van der Waals surface area contributed by atoms with E-state index in [1.165, 1.54) is 23.0 Å². The molecule has 0 saturated carbocycles. The van der Waals surface area contributed by atoms with Gasteiger partial charge in [-0.2, -0.15) is 4.98 Å². The topological polar surface area (TPSA) is 74.3 Å². The zero-order valence-electron chi connectivity index (χ0n) is 16.2. The molecule has 148 valence electrons. The summed E-state index contributed by atoms with van der Waals surface area (Å²) >= 11 is 1.46. The quantitative estimate of drug-likeness (QED) is 0.404. The molecule has 6 nitrogen and oxygen atoms in total. The fourth-order valence-corrected chi connectivity index (χ4v) is 4.12. The van der Waals surface area contributed by atoms with Crippen LogP contribution >= 0.6 is 11.3 Å². The van der Waals surface area contributed by atoms with Crippen molar-refractivity contribution in [3.63, 3.8) is 0 Å². The molecule has 3 aromatic heterocycles. The molecule has 2 aromatic carbocycles. The van der Waals surface area contributed by atoms with Gasteiger partial charge < -0.3 is 9.15 Å². The van der Waals surface area contributed by atoms with Gasteiger partial charge in [0.15, 0.2) is 11.2 Å². The van der Waals surface area contributed by atoms with Gasteiger partial charge in [0.05, 0.1) is 23.1 Å². The monoisotopic (exact) mass is 416 g/mol. The van der Waals surface area contributed by atoms with Crippen LogP contribution in [0.15, 0.2) is 74.0 Å². The van der Waals surface area contributed by atoms with Crippen LogP contribution in [0.25, 0.3) is 38.5 Å². The molecular weight excluding hydrogens is 400 g/mol. The number of aromatic nitrogens is 2. The molecule has 0 spiro atoms. The van der Waals surface area contributed by atoms with Crippen LogP contribution in [0.3, 0.4) is 0 Å². The summed E-state index contributed by atoms with van der Waals surface area (Å²) in [6.45, 7) is 1.97. The Balaban J connectivity index is 1.94. The molecule has 30 heavy (non-hydrogen) atoms. The first-order valence-electron chi connectivity index (χ1n) is 9.25. The number of hydrogen-bond donors (Lipinski definition) is 0. The van der Waals surface area contributed by atoms with Gasteiger partial charge in [0, 0.05) is 6.07 Å². The molecule has 0 aliphatic heterocycles. The number of rotatable bonds is 3. The fraction of sp³-hybridized carbons (Fsp3) is 0.0870. The van der Waals surface area contributed by atoms with Crippen LogP contribution < -0.4 is 15.7 Å². The van der Waals surface area contributed by atoms with Crippen LogP contribution in [-0.4, -0.2) is 16.7 Å². The van der Waals surface area contributed by atoms with Crippen molar-refractivity contribution in [1.29, 1.82) is 0 Å². The minimum absolute atomic E-state index is 0.0116. The smallest absolute Gasteiger partial charge is 0.273 e. The molecule has 5 aromatic rings. The summed E-state index contributed by atoms with van der Waals surface area (Å²) in [6.07, 6.45) is 0. The molecule has 3 heterocycles. The molecule has 0 fully saturated rings. The van der Waals surface area contributed by atoms with Crippen LogP contribution in [0.4, 0.5) is 0 Å². The van der Waals surface area contributed by atoms with Crippen LogP contribution in [0, 0.1) is 6.92 Å². The number of fused-ring (bicyclic) bond motifs is 2. The van der Waals surface area contributed by atoms with Gasteiger partial charge in [-0.1, -0.05) is 23.8 Å². The highest BCUT2D eigenvalue weighted by Crippen LogP contribution is 2.27. The lowest BCUT2D eigenvalue weighted by Crippen LogP contribution is -2.26. The third kappa shape index (κ3) is 2.83. The van der Waals surface area contributed by atoms with Crippen molar-refractivity contribution in [1.82, 2.24) is 9.55 Å². The molecule has 5 rings (SSSR count). The largest absolute Gasteiger partial charge is 0.497 e. The minimum atomic E-state index is -0.460. The van der Waals surface area contributed by atoms with Crippen LogP contribution in [0.1, 0.15) is 5.56 Å². The first kappa shape index (κ1) is 18.3. The SMILES string of the molecule is COc1ccc2c(=O)c3c(=O)n(-c4ccc(C)cc4)c(-c4cccs4)nc3oc2c1. The second kappa shape index (κ2) is 6.96. The first-order valence-corrected chi connectivity index (χ1v) is 10.1. The van der Waals surface area contributed by atoms with E-state index in [9.17, 15) is 9.59 Å². The summed E-state index contributed by atoms with van der Waals surface area (Å²) in [5.74, 6) is 0.980. The molecule has 0 radical (unpaired) electrons. The number of hydrogen-bond acceptors (Lipinski definition) is 6. The van der Waals surface area contributed by atoms with E-state index in [0.29, 0.717) is 28.2 Å². The highest BCUT2D eigenvalue weighted by molar-refractivity contribution is 7.13. The predicted molar refractivity (Wildman–Crippen MR) is 118 cm³/mol. The number of aryl methyl sites for hydroxylation is 1. The average molecular weight is 416 g/mol. The number of methoxy groups -OCH3 is 1. The lowest BCUT2D eigenvalue weighted by molar-refractivity contribution is 0.414. The number of ether oxygens (including phenoxy) is 1. The molecule has 0 bridgehead atoms. The van der Waals surface area contributed by atoms with Gasteiger partial charge in [-0.15, -0.1) is 11.3 Å². The molecule has 0 aliphatic rings. The van der Waals surface area contributed by atoms with Crippen molar-refractivity contribution in [2.24, 2.45) is 0 Å². The molecule has 0 aliphatic carbocycles. The van der Waals surface area contributed by atoms with Gasteiger partial charge in [-0.3, -0.25) is 14.2 Å². The lowest BCUT2D eigenvalue weighted by Gasteiger charge is -2.13. The minimum Gasteiger partial charge on any atom is -0.497 e. The Hall–Kier alpha value is -3.71. The highest BCUT2D eigenvalue weighted by Gasteiger charge is 2.20. The molecule has 0 unspecified atom stereocenters. The summed E-state index contributed by atoms with van der Waals surface area (Å²) in [7, 11) is 1.54. The van der Waals surface area contributed by atoms with E-state index in [1.54, 1.807) is 18.2 Å². The normalized spacial score (nSPS) is 11.3. The predicted octanol–water partition coefficient (Wildman–Crippen LogP) is 4.54. The zero-order valence-corrected chi connectivity index (χ0v) is 17.0. The van der Waals surface area contributed by atoms with Crippen molar-refractivity contribution in [2.45, 2.75) is 6.92 Å². The fourth-order valence-electron chi connectivity index (χ4n) is 3.41. The molecule has 7 heteroatoms. The first-order chi connectivity index (χ1) is 14.6. The Morgan fingerprint density at radius 1 is 1.07 bits per heavy atom. The molecule has 0 N–H and O–H groups in total. The van der Waals surface area contributed by atoms with Crippen LogP contribution in [0.5, 0.6) is 5.75 Å². The van der Waals surface area contributed by atoms with Gasteiger partial charge in [0.1, 0.15) is 11.3 Å². The average Bonchev–Trinajstić information content (AvgIpc) is 3.29. The second-order valence-electron chi connectivity index (χ2n) is 6.86. The van der Waals surface area contributed by atoms with E-state index >= 15 is 0 Å². The van der Waals surface area contributed by atoms with E-state index in [1.807, 2.05) is 48.7 Å². The van der Waals surface area contributed by atoms with Crippen LogP contribution in [0.2, 0.25) is 0 Å². The third-order valence-corrected chi connectivity index (χ3v) is 5.82.